The van der Waals surface area contributed by atoms with Crippen molar-refractivity contribution in [2.45, 2.75) is 13.8 Å². The summed E-state index contributed by atoms with van der Waals surface area (Å²) in [7, 11) is 0. The van der Waals surface area contributed by atoms with Gasteiger partial charge >= 0.3 is 12.0 Å². The molecular weight excluding hydrogens is 436 g/mol. The van der Waals surface area contributed by atoms with Gasteiger partial charge in [-0.25, -0.2) is 15.0 Å². The Morgan fingerprint density at radius 1 is 1.13 bits per heavy atom. The minimum Gasteiger partial charge on any atom is -0.481 e. The van der Waals surface area contributed by atoms with E-state index in [2.05, 4.69) is 20.3 Å². The minimum atomic E-state index is -1.01. The number of carboxylic acid groups (broad SMARTS) is 1. The van der Waals surface area contributed by atoms with Gasteiger partial charge in [0.15, 0.2) is 5.13 Å². The molecule has 0 radical (unpaired) electrons. The third-order valence-corrected chi connectivity index (χ3v) is 5.85. The molecule has 2 heterocycles. The van der Waals surface area contributed by atoms with Crippen molar-refractivity contribution in [2.75, 3.05) is 11.9 Å². The zero-order chi connectivity index (χ0) is 22.0. The van der Waals surface area contributed by atoms with Crippen LogP contribution < -0.4 is 10.1 Å². The molecule has 0 amide bonds. The van der Waals surface area contributed by atoms with Gasteiger partial charge in [-0.1, -0.05) is 41.1 Å². The highest BCUT2D eigenvalue weighted by Crippen LogP contribution is 2.32. The number of hydrogen-bond donors (Lipinski definition) is 2. The molecule has 0 unspecified atom stereocenters. The van der Waals surface area contributed by atoms with Crippen LogP contribution in [0.3, 0.4) is 0 Å². The molecule has 4 rings (SSSR count). The zero-order valence-corrected chi connectivity index (χ0v) is 18.4. The minimum absolute atomic E-state index is 0.0149. The summed E-state index contributed by atoms with van der Waals surface area (Å²) in [6.07, 6.45) is 3.29. The van der Waals surface area contributed by atoms with Crippen molar-refractivity contribution in [1.82, 2.24) is 15.0 Å². The van der Waals surface area contributed by atoms with E-state index in [0.717, 1.165) is 32.2 Å². The molecule has 158 valence electrons. The Bertz CT molecular complexity index is 1220. The molecule has 2 aromatic carbocycles. The van der Waals surface area contributed by atoms with Crippen molar-refractivity contribution in [1.29, 1.82) is 0 Å². The van der Waals surface area contributed by atoms with E-state index in [0.29, 0.717) is 5.02 Å². The summed E-state index contributed by atoms with van der Waals surface area (Å²) in [6.45, 7) is 3.16. The lowest BCUT2D eigenvalue weighted by atomic mass is 9.95. The van der Waals surface area contributed by atoms with Gasteiger partial charge in [0.2, 0.25) is 0 Å². The number of nitrogens with zero attached hydrogens (tertiary/aromatic N) is 3. The molecule has 0 atom stereocenters. The molecular formula is C22H19ClN4O3S. The number of fused-ring (bicyclic) bond motifs is 1. The number of hydrogen-bond acceptors (Lipinski definition) is 7. The first kappa shape index (κ1) is 21.0. The summed E-state index contributed by atoms with van der Waals surface area (Å²) in [5, 5.41) is 13.8. The molecule has 0 saturated heterocycles. The van der Waals surface area contributed by atoms with E-state index in [1.54, 1.807) is 26.2 Å². The van der Waals surface area contributed by atoms with Crippen molar-refractivity contribution in [3.63, 3.8) is 0 Å². The smallest absolute Gasteiger partial charge is 0.316 e. The van der Waals surface area contributed by atoms with Gasteiger partial charge in [-0.3, -0.25) is 4.79 Å². The van der Waals surface area contributed by atoms with Crippen molar-refractivity contribution >= 4 is 49.9 Å². The summed E-state index contributed by atoms with van der Waals surface area (Å²) in [4.78, 5) is 24.1. The number of rotatable bonds is 7. The second-order valence-corrected chi connectivity index (χ2v) is 8.98. The molecule has 0 fully saturated rings. The predicted molar refractivity (Wildman–Crippen MR) is 122 cm³/mol. The second kappa shape index (κ2) is 8.49. The summed E-state index contributed by atoms with van der Waals surface area (Å²) >= 11 is 7.74. The van der Waals surface area contributed by atoms with Gasteiger partial charge in [0.25, 0.3) is 0 Å². The molecule has 0 saturated carbocycles. The maximum atomic E-state index is 11.1. The quantitative estimate of drug-likeness (QED) is 0.373. The van der Waals surface area contributed by atoms with E-state index in [4.69, 9.17) is 21.4 Å². The van der Waals surface area contributed by atoms with Crippen LogP contribution in [0.4, 0.5) is 10.8 Å². The standard InChI is InChI=1S/C22H19ClN4O3S/c1-22(2,19(28)29)12-30-20-24-10-14(11-25-20)13-6-8-15(9-7-13)26-21-27-18-16(23)4-3-5-17(18)31-21/h3-11H,12H2,1-2H3,(H,26,27)(H,28,29). The van der Waals surface area contributed by atoms with E-state index < -0.39 is 11.4 Å². The lowest BCUT2D eigenvalue weighted by Crippen LogP contribution is -2.31. The van der Waals surface area contributed by atoms with E-state index in [-0.39, 0.29) is 12.6 Å². The first-order valence-electron chi connectivity index (χ1n) is 9.42. The van der Waals surface area contributed by atoms with Gasteiger partial charge < -0.3 is 15.2 Å². The Kier molecular flexibility index (Phi) is 5.75. The number of nitrogens with one attached hydrogen (secondary N) is 1. The number of halogens is 1. The summed E-state index contributed by atoms with van der Waals surface area (Å²) in [5.41, 5.74) is 2.44. The van der Waals surface area contributed by atoms with Gasteiger partial charge in [-0.15, -0.1) is 0 Å². The lowest BCUT2D eigenvalue weighted by Gasteiger charge is -2.18. The largest absolute Gasteiger partial charge is 0.481 e. The van der Waals surface area contributed by atoms with Gasteiger partial charge in [-0.2, -0.15) is 0 Å². The molecule has 0 aliphatic carbocycles. The van der Waals surface area contributed by atoms with Gasteiger partial charge in [0, 0.05) is 23.6 Å². The number of benzene rings is 2. The number of carbonyl (C=O) groups is 1. The van der Waals surface area contributed by atoms with E-state index >= 15 is 0 Å². The van der Waals surface area contributed by atoms with Crippen LogP contribution in [-0.4, -0.2) is 32.6 Å². The maximum absolute atomic E-state index is 11.1. The number of para-hydroxylation sites is 1. The summed E-state index contributed by atoms with van der Waals surface area (Å²) < 4.78 is 6.44. The fourth-order valence-electron chi connectivity index (χ4n) is 2.68. The maximum Gasteiger partial charge on any atom is 0.316 e. The van der Waals surface area contributed by atoms with Crippen molar-refractivity contribution in [3.8, 4) is 17.1 Å². The van der Waals surface area contributed by atoms with Crippen LogP contribution in [0.2, 0.25) is 5.02 Å². The highest BCUT2D eigenvalue weighted by Gasteiger charge is 2.28. The number of aromatic nitrogens is 3. The molecule has 9 heteroatoms. The molecule has 4 aromatic rings. The predicted octanol–water partition coefficient (Wildman–Crippen LogP) is 5.64. The summed E-state index contributed by atoms with van der Waals surface area (Å²) in [6, 6.07) is 13.7. The summed E-state index contributed by atoms with van der Waals surface area (Å²) in [5.74, 6) is -0.938. The average molecular weight is 455 g/mol. The van der Waals surface area contributed by atoms with Crippen LogP contribution >= 0.6 is 22.9 Å². The van der Waals surface area contributed by atoms with E-state index in [1.165, 1.54) is 11.3 Å². The van der Waals surface area contributed by atoms with Crippen molar-refractivity contribution in [2.24, 2.45) is 5.41 Å². The Balaban J connectivity index is 1.42. The van der Waals surface area contributed by atoms with Gasteiger partial charge in [-0.05, 0) is 43.7 Å². The number of thiazole rings is 1. The Hall–Kier alpha value is -3.23. The number of anilines is 2. The highest BCUT2D eigenvalue weighted by atomic mass is 35.5. The second-order valence-electron chi connectivity index (χ2n) is 7.54. The fourth-order valence-corrected chi connectivity index (χ4v) is 3.87. The highest BCUT2D eigenvalue weighted by molar-refractivity contribution is 7.22. The molecule has 2 aromatic heterocycles. The van der Waals surface area contributed by atoms with Crippen molar-refractivity contribution < 1.29 is 14.6 Å². The van der Waals surface area contributed by atoms with Crippen molar-refractivity contribution in [3.05, 3.63) is 59.9 Å². The SMILES string of the molecule is CC(C)(COc1ncc(-c2ccc(Nc3nc4c(Cl)cccc4s3)cc2)cn1)C(=O)O. The van der Waals surface area contributed by atoms with E-state index in [9.17, 15) is 4.79 Å². The average Bonchev–Trinajstić information content (AvgIpc) is 3.17. The zero-order valence-electron chi connectivity index (χ0n) is 16.8. The van der Waals surface area contributed by atoms with E-state index in [1.807, 2.05) is 42.5 Å². The number of aliphatic carboxylic acids is 1. The third-order valence-electron chi connectivity index (χ3n) is 4.61. The lowest BCUT2D eigenvalue weighted by molar-refractivity contribution is -0.148. The fraction of sp³-hybridized carbons (Fsp3) is 0.182. The van der Waals surface area contributed by atoms with Gasteiger partial charge in [0.05, 0.1) is 15.1 Å². The topological polar surface area (TPSA) is 97.2 Å². The van der Waals surface area contributed by atoms with Crippen LogP contribution in [0.15, 0.2) is 54.9 Å². The molecule has 0 aliphatic rings. The van der Waals surface area contributed by atoms with Crippen LogP contribution in [0.5, 0.6) is 6.01 Å². The Labute approximate surface area is 187 Å². The van der Waals surface area contributed by atoms with Gasteiger partial charge in [0.1, 0.15) is 12.1 Å². The monoisotopic (exact) mass is 454 g/mol. The molecule has 2 N–H and O–H groups in total. The van der Waals surface area contributed by atoms with Crippen LogP contribution in [0.25, 0.3) is 21.3 Å². The molecule has 0 aliphatic heterocycles. The first-order chi connectivity index (χ1) is 14.8. The number of carboxylic acids is 1. The molecule has 0 spiro atoms. The van der Waals surface area contributed by atoms with Crippen LogP contribution in [-0.2, 0) is 4.79 Å². The third kappa shape index (κ3) is 4.76. The molecule has 31 heavy (non-hydrogen) atoms. The Morgan fingerprint density at radius 2 is 1.84 bits per heavy atom. The number of ether oxygens (including phenoxy) is 1. The first-order valence-corrected chi connectivity index (χ1v) is 10.6. The molecule has 0 bridgehead atoms. The van der Waals surface area contributed by atoms with Crippen LogP contribution in [0, 0.1) is 5.41 Å². The Morgan fingerprint density at radius 3 is 2.48 bits per heavy atom. The molecule has 7 nitrogen and oxygen atoms in total. The normalized spacial score (nSPS) is 11.5. The van der Waals surface area contributed by atoms with Crippen LogP contribution in [0.1, 0.15) is 13.8 Å².